The van der Waals surface area contributed by atoms with Gasteiger partial charge in [-0.3, -0.25) is 0 Å². The van der Waals surface area contributed by atoms with Crippen molar-refractivity contribution in [1.82, 2.24) is 13.9 Å². The molecule has 2 aromatic carbocycles. The van der Waals surface area contributed by atoms with Crippen LogP contribution in [0.5, 0.6) is 11.5 Å². The van der Waals surface area contributed by atoms with E-state index in [-0.39, 0.29) is 11.0 Å². The highest BCUT2D eigenvalue weighted by Crippen LogP contribution is 2.36. The maximum absolute atomic E-state index is 13.1. The van der Waals surface area contributed by atoms with Crippen molar-refractivity contribution < 1.29 is 22.6 Å². The van der Waals surface area contributed by atoms with E-state index in [0.717, 1.165) is 35.7 Å². The van der Waals surface area contributed by atoms with Crippen molar-refractivity contribution in [2.24, 2.45) is 0 Å². The minimum atomic E-state index is -3.57. The Morgan fingerprint density at radius 3 is 2.63 bits per heavy atom. The molecule has 8 nitrogen and oxygen atoms in total. The predicted molar refractivity (Wildman–Crippen MR) is 138 cm³/mol. The highest BCUT2D eigenvalue weighted by atomic mass is 32.2. The van der Waals surface area contributed by atoms with Crippen molar-refractivity contribution in [1.29, 1.82) is 0 Å². The topological polar surface area (TPSA) is 82.9 Å². The average Bonchev–Trinajstić information content (AvgIpc) is 3.50. The van der Waals surface area contributed by atoms with Crippen LogP contribution in [0.4, 0.5) is 0 Å². The number of hydrogen-bond acceptors (Lipinski definition) is 7. The minimum absolute atomic E-state index is 0.122. The van der Waals surface area contributed by atoms with Gasteiger partial charge in [-0.25, -0.2) is 13.4 Å². The molecule has 0 spiro atoms. The van der Waals surface area contributed by atoms with Gasteiger partial charge in [-0.15, -0.1) is 0 Å². The Hall–Kier alpha value is -2.27. The zero-order valence-electron chi connectivity index (χ0n) is 20.7. The zero-order chi connectivity index (χ0) is 25.0. The van der Waals surface area contributed by atoms with Gasteiger partial charge in [-0.05, 0) is 37.1 Å². The third kappa shape index (κ3) is 5.30. The predicted octanol–water partition coefficient (Wildman–Crippen LogP) is 4.56. The molecule has 1 aromatic heterocycles. The van der Waals surface area contributed by atoms with Crippen LogP contribution in [-0.4, -0.2) is 62.3 Å². The largest absolute Gasteiger partial charge is 0.493 e. The normalized spacial score (nSPS) is 16.3. The van der Waals surface area contributed by atoms with E-state index in [1.807, 2.05) is 38.1 Å². The first kappa shape index (κ1) is 25.8. The fourth-order valence-corrected chi connectivity index (χ4v) is 6.93. The Bertz CT molecular complexity index is 1270. The number of benzene rings is 2. The SMILES string of the molecule is CCN(CC)S(=O)(=O)c1ccc2c(c1)nc(SCc1cccc(OC)c1OC)n2C[C@H]1CCCO1. The van der Waals surface area contributed by atoms with Crippen molar-refractivity contribution >= 4 is 32.8 Å². The van der Waals surface area contributed by atoms with E-state index in [2.05, 4.69) is 4.57 Å². The lowest BCUT2D eigenvalue weighted by Gasteiger charge is -2.18. The zero-order valence-corrected chi connectivity index (χ0v) is 22.3. The Morgan fingerprint density at radius 2 is 1.97 bits per heavy atom. The molecule has 1 fully saturated rings. The van der Waals surface area contributed by atoms with Gasteiger partial charge in [-0.1, -0.05) is 37.7 Å². The summed E-state index contributed by atoms with van der Waals surface area (Å²) in [5.41, 5.74) is 2.56. The van der Waals surface area contributed by atoms with E-state index in [9.17, 15) is 8.42 Å². The van der Waals surface area contributed by atoms with Crippen LogP contribution in [0.15, 0.2) is 46.5 Å². The van der Waals surface area contributed by atoms with Crippen LogP contribution in [0.1, 0.15) is 32.3 Å². The summed E-state index contributed by atoms with van der Waals surface area (Å²) in [6.45, 7) is 5.99. The van der Waals surface area contributed by atoms with Crippen molar-refractivity contribution in [2.75, 3.05) is 33.9 Å². The van der Waals surface area contributed by atoms with Crippen LogP contribution in [0.3, 0.4) is 0 Å². The number of para-hydroxylation sites is 1. The molecule has 3 aromatic rings. The Morgan fingerprint density at radius 1 is 1.17 bits per heavy atom. The van der Waals surface area contributed by atoms with Gasteiger partial charge in [0.2, 0.25) is 10.0 Å². The number of hydrogen-bond donors (Lipinski definition) is 0. The molecule has 0 N–H and O–H groups in total. The second-order valence-corrected chi connectivity index (χ2v) is 11.2. The maximum Gasteiger partial charge on any atom is 0.243 e. The van der Waals surface area contributed by atoms with Crippen molar-refractivity contribution in [3.8, 4) is 11.5 Å². The summed E-state index contributed by atoms with van der Waals surface area (Å²) in [5, 5.41) is 0.817. The van der Waals surface area contributed by atoms with E-state index in [0.29, 0.717) is 42.4 Å². The summed E-state index contributed by atoms with van der Waals surface area (Å²) < 4.78 is 46.7. The molecule has 1 saturated heterocycles. The molecule has 0 radical (unpaired) electrons. The number of methoxy groups -OCH3 is 2. The smallest absolute Gasteiger partial charge is 0.243 e. The third-order valence-electron chi connectivity index (χ3n) is 6.28. The average molecular weight is 520 g/mol. The fraction of sp³-hybridized carbons (Fsp3) is 0.480. The van der Waals surface area contributed by atoms with Gasteiger partial charge in [-0.2, -0.15) is 4.31 Å². The van der Waals surface area contributed by atoms with Gasteiger partial charge >= 0.3 is 0 Å². The number of sulfonamides is 1. The van der Waals surface area contributed by atoms with Gasteiger partial charge in [0.25, 0.3) is 0 Å². The molecule has 190 valence electrons. The lowest BCUT2D eigenvalue weighted by atomic mass is 10.2. The molecule has 0 aliphatic carbocycles. The molecule has 1 aliphatic heterocycles. The van der Waals surface area contributed by atoms with Crippen LogP contribution >= 0.6 is 11.8 Å². The number of nitrogens with zero attached hydrogens (tertiary/aromatic N) is 3. The minimum Gasteiger partial charge on any atom is -0.493 e. The molecule has 4 rings (SSSR count). The van der Waals surface area contributed by atoms with Crippen molar-refractivity contribution in [3.05, 3.63) is 42.0 Å². The molecule has 10 heteroatoms. The molecule has 1 atom stereocenters. The van der Waals surface area contributed by atoms with Crippen LogP contribution in [0.25, 0.3) is 11.0 Å². The van der Waals surface area contributed by atoms with E-state index < -0.39 is 10.0 Å². The molecule has 0 bridgehead atoms. The monoisotopic (exact) mass is 519 g/mol. The number of ether oxygens (including phenoxy) is 3. The summed E-state index contributed by atoms with van der Waals surface area (Å²) in [4.78, 5) is 5.13. The number of rotatable bonds is 11. The molecule has 2 heterocycles. The Balaban J connectivity index is 1.71. The lowest BCUT2D eigenvalue weighted by Crippen LogP contribution is -2.30. The second-order valence-electron chi connectivity index (χ2n) is 8.32. The van der Waals surface area contributed by atoms with Crippen molar-refractivity contribution in [3.63, 3.8) is 0 Å². The highest BCUT2D eigenvalue weighted by Gasteiger charge is 2.25. The molecular formula is C25H33N3O5S2. The third-order valence-corrected chi connectivity index (χ3v) is 9.35. The summed E-state index contributed by atoms with van der Waals surface area (Å²) in [5.74, 6) is 2.02. The van der Waals surface area contributed by atoms with Gasteiger partial charge in [0, 0.05) is 31.0 Å². The number of imidazole rings is 1. The van der Waals surface area contributed by atoms with Gasteiger partial charge in [0.05, 0.1) is 42.8 Å². The second kappa shape index (κ2) is 11.2. The molecule has 35 heavy (non-hydrogen) atoms. The van der Waals surface area contributed by atoms with E-state index >= 15 is 0 Å². The van der Waals surface area contributed by atoms with Gasteiger partial charge < -0.3 is 18.8 Å². The summed E-state index contributed by atoms with van der Waals surface area (Å²) >= 11 is 1.59. The van der Waals surface area contributed by atoms with E-state index in [1.54, 1.807) is 38.1 Å². The first-order valence-corrected chi connectivity index (χ1v) is 14.3. The van der Waals surface area contributed by atoms with Crippen LogP contribution in [0.2, 0.25) is 0 Å². The Labute approximate surface area is 211 Å². The molecule has 0 saturated carbocycles. The number of fused-ring (bicyclic) bond motifs is 1. The molecular weight excluding hydrogens is 486 g/mol. The molecule has 1 aliphatic rings. The summed E-state index contributed by atoms with van der Waals surface area (Å²) in [6, 6.07) is 11.1. The fourth-order valence-electron chi connectivity index (χ4n) is 4.45. The first-order valence-electron chi connectivity index (χ1n) is 11.9. The van der Waals surface area contributed by atoms with Crippen LogP contribution in [0, 0.1) is 0 Å². The Kier molecular flexibility index (Phi) is 8.26. The molecule has 0 amide bonds. The maximum atomic E-state index is 13.1. The quantitative estimate of drug-likeness (QED) is 0.344. The van der Waals surface area contributed by atoms with Crippen LogP contribution < -0.4 is 9.47 Å². The molecule has 0 unspecified atom stereocenters. The lowest BCUT2D eigenvalue weighted by molar-refractivity contribution is 0.0960. The summed E-state index contributed by atoms with van der Waals surface area (Å²) in [7, 11) is -0.308. The van der Waals surface area contributed by atoms with Gasteiger partial charge in [0.1, 0.15) is 0 Å². The number of aromatic nitrogens is 2. The number of thioether (sulfide) groups is 1. The first-order chi connectivity index (χ1) is 16.9. The standard InChI is InChI=1S/C25H33N3O5S2/c1-5-27(6-2)35(29,30)20-12-13-22-21(15-20)26-25(28(22)16-19-10-8-14-33-19)34-17-18-9-7-11-23(31-3)24(18)32-4/h7,9,11-13,15,19H,5-6,8,10,14,16-17H2,1-4H3/t19-/m1/s1. The van der Waals surface area contributed by atoms with E-state index in [4.69, 9.17) is 19.2 Å². The van der Waals surface area contributed by atoms with Crippen molar-refractivity contribution in [2.45, 2.75) is 55.1 Å². The highest BCUT2D eigenvalue weighted by molar-refractivity contribution is 7.98. The van der Waals surface area contributed by atoms with Gasteiger partial charge in [0.15, 0.2) is 16.7 Å². The summed E-state index contributed by atoms with van der Waals surface area (Å²) in [6.07, 6.45) is 2.17. The van der Waals surface area contributed by atoms with Crippen LogP contribution in [-0.2, 0) is 27.1 Å². The van der Waals surface area contributed by atoms with E-state index in [1.165, 1.54) is 4.31 Å².